The Morgan fingerprint density at radius 3 is 2.92 bits per heavy atom. The number of aromatic nitrogens is 3. The van der Waals surface area contributed by atoms with Gasteiger partial charge in [0.1, 0.15) is 17.6 Å². The van der Waals surface area contributed by atoms with Crippen LogP contribution >= 0.6 is 24.8 Å². The number of hydrogen-bond donors (Lipinski definition) is 1. The van der Waals surface area contributed by atoms with Gasteiger partial charge in [-0.3, -0.25) is 9.78 Å². The summed E-state index contributed by atoms with van der Waals surface area (Å²) in [6, 6.07) is 5.75. The summed E-state index contributed by atoms with van der Waals surface area (Å²) in [6.45, 7) is 4.30. The minimum absolute atomic E-state index is 0. The third-order valence-corrected chi connectivity index (χ3v) is 4.50. The third kappa shape index (κ3) is 4.35. The molecule has 1 saturated heterocycles. The Balaban J connectivity index is 0.00000121. The molecule has 1 atom stereocenters. The van der Waals surface area contributed by atoms with E-state index in [0.29, 0.717) is 25.4 Å². The number of carbonyl (C=O) groups is 1. The average Bonchev–Trinajstić information content (AvgIpc) is 2.92. The molecule has 1 fully saturated rings. The molecular formula is C17H23Cl2N5O2. The number of morpholine rings is 1. The van der Waals surface area contributed by atoms with Gasteiger partial charge in [-0.1, -0.05) is 6.07 Å². The maximum absolute atomic E-state index is 12.8. The standard InChI is InChI=1S/C17H21N5O2.2ClH/c23-17(14-11-21-8-7-18-6-4-16(21)20-14)22-9-10-24-15(12-22)13-3-1-2-5-19-13;;/h1-3,5,11,15,18H,4,6-10,12H2;2*1H. The van der Waals surface area contributed by atoms with E-state index in [1.54, 1.807) is 6.20 Å². The fourth-order valence-electron chi connectivity index (χ4n) is 3.22. The molecular weight excluding hydrogens is 377 g/mol. The zero-order valence-corrected chi connectivity index (χ0v) is 16.0. The van der Waals surface area contributed by atoms with E-state index in [1.165, 1.54) is 0 Å². The molecule has 0 saturated carbocycles. The van der Waals surface area contributed by atoms with Crippen molar-refractivity contribution in [3.63, 3.8) is 0 Å². The van der Waals surface area contributed by atoms with Crippen LogP contribution in [0.5, 0.6) is 0 Å². The Morgan fingerprint density at radius 1 is 1.23 bits per heavy atom. The maximum atomic E-state index is 12.8. The van der Waals surface area contributed by atoms with Crippen LogP contribution in [0.4, 0.5) is 0 Å². The highest BCUT2D eigenvalue weighted by Crippen LogP contribution is 2.21. The van der Waals surface area contributed by atoms with E-state index < -0.39 is 0 Å². The molecule has 26 heavy (non-hydrogen) atoms. The van der Waals surface area contributed by atoms with Gasteiger partial charge in [0.25, 0.3) is 5.91 Å². The lowest BCUT2D eigenvalue weighted by atomic mass is 10.2. The van der Waals surface area contributed by atoms with Gasteiger partial charge in [-0.05, 0) is 12.1 Å². The van der Waals surface area contributed by atoms with Gasteiger partial charge in [0.05, 0.1) is 18.8 Å². The molecule has 2 aromatic rings. The van der Waals surface area contributed by atoms with E-state index in [1.807, 2.05) is 29.3 Å². The molecule has 1 N–H and O–H groups in total. The van der Waals surface area contributed by atoms with Crippen molar-refractivity contribution in [3.05, 3.63) is 47.8 Å². The fraction of sp³-hybridized carbons (Fsp3) is 0.471. The molecule has 0 aromatic carbocycles. The molecule has 2 aliphatic rings. The number of nitrogens with one attached hydrogen (secondary N) is 1. The topological polar surface area (TPSA) is 72.3 Å². The molecule has 2 aromatic heterocycles. The molecule has 7 nitrogen and oxygen atoms in total. The third-order valence-electron chi connectivity index (χ3n) is 4.50. The van der Waals surface area contributed by atoms with Crippen molar-refractivity contribution >= 4 is 30.7 Å². The van der Waals surface area contributed by atoms with Crippen molar-refractivity contribution in [2.75, 3.05) is 32.8 Å². The lowest BCUT2D eigenvalue weighted by molar-refractivity contribution is -0.0249. The smallest absolute Gasteiger partial charge is 0.274 e. The molecule has 1 unspecified atom stereocenters. The number of imidazole rings is 1. The predicted molar refractivity (Wildman–Crippen MR) is 102 cm³/mol. The van der Waals surface area contributed by atoms with Gasteiger partial charge in [-0.15, -0.1) is 24.8 Å². The molecule has 0 radical (unpaired) electrons. The van der Waals surface area contributed by atoms with Crippen molar-refractivity contribution in [2.45, 2.75) is 19.1 Å². The van der Waals surface area contributed by atoms with Crippen LogP contribution in [-0.2, 0) is 17.7 Å². The minimum Gasteiger partial charge on any atom is -0.368 e. The first-order valence-corrected chi connectivity index (χ1v) is 8.40. The highest BCUT2D eigenvalue weighted by molar-refractivity contribution is 5.92. The second-order valence-electron chi connectivity index (χ2n) is 6.10. The van der Waals surface area contributed by atoms with Crippen LogP contribution in [0, 0.1) is 0 Å². The van der Waals surface area contributed by atoms with Crippen LogP contribution in [0.3, 0.4) is 0 Å². The average molecular weight is 400 g/mol. The van der Waals surface area contributed by atoms with E-state index >= 15 is 0 Å². The quantitative estimate of drug-likeness (QED) is 0.827. The summed E-state index contributed by atoms with van der Waals surface area (Å²) in [4.78, 5) is 23.6. The van der Waals surface area contributed by atoms with Crippen LogP contribution in [-0.4, -0.2) is 58.1 Å². The van der Waals surface area contributed by atoms with Gasteiger partial charge >= 0.3 is 0 Å². The summed E-state index contributed by atoms with van der Waals surface area (Å²) >= 11 is 0. The predicted octanol–water partition coefficient (Wildman–Crippen LogP) is 1.48. The van der Waals surface area contributed by atoms with Gasteiger partial charge in [0, 0.05) is 45.0 Å². The molecule has 0 bridgehead atoms. The van der Waals surface area contributed by atoms with E-state index in [4.69, 9.17) is 4.74 Å². The van der Waals surface area contributed by atoms with Gasteiger partial charge < -0.3 is 19.5 Å². The monoisotopic (exact) mass is 399 g/mol. The zero-order valence-electron chi connectivity index (χ0n) is 14.3. The SMILES string of the molecule is Cl.Cl.O=C(c1cn2c(n1)CCNCC2)N1CCOC(c2ccccn2)C1. The first-order chi connectivity index (χ1) is 11.8. The summed E-state index contributed by atoms with van der Waals surface area (Å²) < 4.78 is 7.88. The van der Waals surface area contributed by atoms with Gasteiger partial charge in [0.2, 0.25) is 0 Å². The molecule has 4 heterocycles. The van der Waals surface area contributed by atoms with Gasteiger partial charge in [-0.2, -0.15) is 0 Å². The first-order valence-electron chi connectivity index (χ1n) is 8.40. The first kappa shape index (κ1) is 20.6. The molecule has 1 amide bonds. The summed E-state index contributed by atoms with van der Waals surface area (Å²) in [6.07, 6.45) is 4.32. The van der Waals surface area contributed by atoms with Crippen LogP contribution < -0.4 is 5.32 Å². The van der Waals surface area contributed by atoms with Crippen LogP contribution in [0.25, 0.3) is 0 Å². The van der Waals surface area contributed by atoms with E-state index in [9.17, 15) is 4.79 Å². The van der Waals surface area contributed by atoms with Crippen LogP contribution in [0.2, 0.25) is 0 Å². The second-order valence-corrected chi connectivity index (χ2v) is 6.10. The number of carbonyl (C=O) groups excluding carboxylic acids is 1. The fourth-order valence-corrected chi connectivity index (χ4v) is 3.22. The van der Waals surface area contributed by atoms with Crippen molar-refractivity contribution in [1.82, 2.24) is 24.8 Å². The van der Waals surface area contributed by atoms with Crippen molar-refractivity contribution < 1.29 is 9.53 Å². The van der Waals surface area contributed by atoms with Gasteiger partial charge in [0.15, 0.2) is 0 Å². The summed E-state index contributed by atoms with van der Waals surface area (Å²) in [5, 5.41) is 3.34. The van der Waals surface area contributed by atoms with Crippen LogP contribution in [0.15, 0.2) is 30.6 Å². The lowest BCUT2D eigenvalue weighted by Crippen LogP contribution is -2.42. The van der Waals surface area contributed by atoms with Crippen LogP contribution in [0.1, 0.15) is 28.1 Å². The van der Waals surface area contributed by atoms with Crippen molar-refractivity contribution in [2.24, 2.45) is 0 Å². The largest absolute Gasteiger partial charge is 0.368 e. The highest BCUT2D eigenvalue weighted by Gasteiger charge is 2.28. The van der Waals surface area contributed by atoms with Crippen molar-refractivity contribution in [3.8, 4) is 0 Å². The minimum atomic E-state index is -0.173. The van der Waals surface area contributed by atoms with E-state index in [2.05, 4.69) is 19.9 Å². The van der Waals surface area contributed by atoms with Crippen molar-refractivity contribution in [1.29, 1.82) is 0 Å². The molecule has 0 aliphatic carbocycles. The van der Waals surface area contributed by atoms with Gasteiger partial charge in [-0.25, -0.2) is 4.98 Å². The second kappa shape index (κ2) is 9.32. The molecule has 4 rings (SSSR count). The Kier molecular flexibility index (Phi) is 7.40. The number of ether oxygens (including phenoxy) is 1. The Morgan fingerprint density at radius 2 is 2.12 bits per heavy atom. The number of amides is 1. The summed E-state index contributed by atoms with van der Waals surface area (Å²) in [5.41, 5.74) is 1.40. The Bertz CT molecular complexity index is 702. The number of rotatable bonds is 2. The number of hydrogen-bond acceptors (Lipinski definition) is 5. The number of halogens is 2. The summed E-state index contributed by atoms with van der Waals surface area (Å²) in [7, 11) is 0. The highest BCUT2D eigenvalue weighted by atomic mass is 35.5. The molecule has 0 spiro atoms. The maximum Gasteiger partial charge on any atom is 0.274 e. The number of nitrogens with zero attached hydrogens (tertiary/aromatic N) is 4. The summed E-state index contributed by atoms with van der Waals surface area (Å²) in [5.74, 6) is 0.964. The normalized spacial score (nSPS) is 19.5. The van der Waals surface area contributed by atoms with E-state index in [-0.39, 0.29) is 36.8 Å². The number of fused-ring (bicyclic) bond motifs is 1. The molecule has 2 aliphatic heterocycles. The number of pyridine rings is 1. The molecule has 142 valence electrons. The zero-order chi connectivity index (χ0) is 16.4. The van der Waals surface area contributed by atoms with E-state index in [0.717, 1.165) is 37.6 Å². The Labute approximate surface area is 165 Å². The molecule has 9 heteroatoms. The lowest BCUT2D eigenvalue weighted by Gasteiger charge is -2.32. The Hall–Kier alpha value is -1.67.